The van der Waals surface area contributed by atoms with Crippen LogP contribution in [0.1, 0.15) is 72.6 Å². The number of halogens is 1. The maximum atomic E-state index is 15.2. The Kier molecular flexibility index (Phi) is 10.9. The Labute approximate surface area is 255 Å². The van der Waals surface area contributed by atoms with Crippen molar-refractivity contribution >= 4 is 29.2 Å². The van der Waals surface area contributed by atoms with Gasteiger partial charge in [0.05, 0.1) is 17.7 Å². The van der Waals surface area contributed by atoms with E-state index in [1.54, 1.807) is 12.1 Å². The van der Waals surface area contributed by atoms with Crippen LogP contribution in [0.5, 0.6) is 0 Å². The predicted octanol–water partition coefficient (Wildman–Crippen LogP) is 6.57. The van der Waals surface area contributed by atoms with Crippen LogP contribution >= 0.6 is 0 Å². The molecule has 0 fully saturated rings. The Balaban J connectivity index is 0.00000207. The van der Waals surface area contributed by atoms with Crippen molar-refractivity contribution < 1.29 is 18.7 Å². The van der Waals surface area contributed by atoms with Gasteiger partial charge in [-0.3, -0.25) is 9.59 Å². The molecule has 0 saturated heterocycles. The summed E-state index contributed by atoms with van der Waals surface area (Å²) in [5.41, 5.74) is 6.97. The Morgan fingerprint density at radius 1 is 1.07 bits per heavy atom. The number of aryl methyl sites for hydroxylation is 2. The maximum absolute atomic E-state index is 15.2. The molecule has 0 atom stereocenters. The summed E-state index contributed by atoms with van der Waals surface area (Å²) in [4.78, 5) is 34.5. The monoisotopic (exact) mass is 588 g/mol. The van der Waals surface area contributed by atoms with Crippen molar-refractivity contribution in [3.05, 3.63) is 75.9 Å². The number of hydrogen-bond donors (Lipinski definition) is 2. The van der Waals surface area contributed by atoms with Gasteiger partial charge in [-0.2, -0.15) is 0 Å². The molecular weight excluding hydrogens is 543 g/mol. The maximum Gasteiger partial charge on any atom is 0.256 e. The van der Waals surface area contributed by atoms with Crippen molar-refractivity contribution in [3.63, 3.8) is 0 Å². The molecule has 3 aromatic rings. The van der Waals surface area contributed by atoms with E-state index >= 15 is 4.39 Å². The minimum absolute atomic E-state index is 0.0177. The number of anilines is 1. The number of benzene rings is 2. The van der Waals surface area contributed by atoms with Crippen LogP contribution in [0, 0.1) is 12.7 Å². The number of ether oxygens (including phenoxy) is 1. The van der Waals surface area contributed by atoms with E-state index in [-0.39, 0.29) is 17.6 Å². The van der Waals surface area contributed by atoms with Gasteiger partial charge in [0.15, 0.2) is 0 Å². The molecule has 0 unspecified atom stereocenters. The summed E-state index contributed by atoms with van der Waals surface area (Å²) in [5.74, 6) is -0.539. The average molecular weight is 589 g/mol. The Hall–Kier alpha value is -3.75. The first-order valence-corrected chi connectivity index (χ1v) is 15.5. The van der Waals surface area contributed by atoms with Gasteiger partial charge in [-0.05, 0) is 75.1 Å². The van der Waals surface area contributed by atoms with Crippen LogP contribution in [0.4, 0.5) is 10.1 Å². The van der Waals surface area contributed by atoms with Crippen molar-refractivity contribution in [1.82, 2.24) is 14.8 Å². The molecule has 0 spiro atoms. The van der Waals surface area contributed by atoms with E-state index in [0.29, 0.717) is 59.8 Å². The van der Waals surface area contributed by atoms with Gasteiger partial charge in [-0.1, -0.05) is 45.0 Å². The number of nitrogens with zero attached hydrogens (tertiary/aromatic N) is 2. The molecular formula is C35H45FN4O3. The second-order valence-electron chi connectivity index (χ2n) is 10.8. The number of aromatic amines is 1. The van der Waals surface area contributed by atoms with Crippen molar-refractivity contribution in [2.24, 2.45) is 0 Å². The zero-order valence-electron chi connectivity index (χ0n) is 26.4. The first-order chi connectivity index (χ1) is 20.8. The van der Waals surface area contributed by atoms with Gasteiger partial charge in [-0.25, -0.2) is 4.39 Å². The summed E-state index contributed by atoms with van der Waals surface area (Å²) in [6.45, 7) is 14.2. The summed E-state index contributed by atoms with van der Waals surface area (Å²) < 4.78 is 20.6. The SMILES string of the molecule is CC.CCOCCN(C)CCN1CCCc2[nH]c(/C=C3\C(=O)Nc4cccc(-c5ccc(CC)cc5F)c43)c(C)c2C1=O. The molecule has 0 bridgehead atoms. The number of carbonyl (C=O) groups is 2. The molecule has 0 aliphatic carbocycles. The highest BCUT2D eigenvalue weighted by atomic mass is 19.1. The molecule has 2 amide bonds. The largest absolute Gasteiger partial charge is 0.380 e. The fourth-order valence-electron chi connectivity index (χ4n) is 5.74. The molecule has 1 aromatic heterocycles. The van der Waals surface area contributed by atoms with Crippen LogP contribution in [-0.2, 0) is 22.4 Å². The van der Waals surface area contributed by atoms with E-state index < -0.39 is 0 Å². The van der Waals surface area contributed by atoms with Crippen molar-refractivity contribution in [2.75, 3.05) is 51.8 Å². The van der Waals surface area contributed by atoms with Crippen LogP contribution < -0.4 is 5.32 Å². The van der Waals surface area contributed by atoms with Gasteiger partial charge in [0.1, 0.15) is 5.82 Å². The second kappa shape index (κ2) is 14.6. The topological polar surface area (TPSA) is 77.7 Å². The summed E-state index contributed by atoms with van der Waals surface area (Å²) >= 11 is 0. The third kappa shape index (κ3) is 6.92. The van der Waals surface area contributed by atoms with E-state index in [0.717, 1.165) is 54.9 Å². The van der Waals surface area contributed by atoms with Gasteiger partial charge in [-0.15, -0.1) is 0 Å². The number of hydrogen-bond acceptors (Lipinski definition) is 4. The highest BCUT2D eigenvalue weighted by Gasteiger charge is 2.31. The molecule has 7 nitrogen and oxygen atoms in total. The standard InChI is InChI=1S/C33H39FN4O3.C2H6/c1-5-22-12-13-23(26(34)19-22)24-9-7-10-28-31(24)25(32(39)36-28)20-29-21(3)30-27(35-29)11-8-14-38(33(30)40)16-15-37(4)17-18-41-6-2;1-2/h7,9-10,12-13,19-20,35H,5-6,8,11,14-18H2,1-4H3,(H,36,39);1-2H3/b25-20-;. The molecule has 2 N–H and O–H groups in total. The minimum Gasteiger partial charge on any atom is -0.380 e. The smallest absolute Gasteiger partial charge is 0.256 e. The van der Waals surface area contributed by atoms with Gasteiger partial charge in [0, 0.05) is 61.0 Å². The molecule has 0 saturated carbocycles. The van der Waals surface area contributed by atoms with E-state index in [4.69, 9.17) is 4.74 Å². The number of H-pyrrole nitrogens is 1. The third-order valence-corrected chi connectivity index (χ3v) is 8.14. The Morgan fingerprint density at radius 2 is 1.86 bits per heavy atom. The van der Waals surface area contributed by atoms with E-state index in [1.165, 1.54) is 0 Å². The fourth-order valence-corrected chi connectivity index (χ4v) is 5.74. The lowest BCUT2D eigenvalue weighted by Crippen LogP contribution is -2.38. The summed E-state index contributed by atoms with van der Waals surface area (Å²) in [6.07, 6.45) is 4.17. The normalized spacial score (nSPS) is 15.3. The minimum atomic E-state index is -0.312. The molecule has 230 valence electrons. The zero-order chi connectivity index (χ0) is 31.1. The quantitative estimate of drug-likeness (QED) is 0.208. The van der Waals surface area contributed by atoms with Crippen LogP contribution in [0.2, 0.25) is 0 Å². The first-order valence-electron chi connectivity index (χ1n) is 15.5. The van der Waals surface area contributed by atoms with Crippen LogP contribution in [0.3, 0.4) is 0 Å². The zero-order valence-corrected chi connectivity index (χ0v) is 26.4. The van der Waals surface area contributed by atoms with E-state index in [1.807, 2.05) is 76.9 Å². The highest BCUT2D eigenvalue weighted by Crippen LogP contribution is 2.41. The number of likely N-dealkylation sites (N-methyl/N-ethyl adjacent to an activating group) is 1. The number of carbonyl (C=O) groups excluding carboxylic acids is 2. The van der Waals surface area contributed by atoms with Gasteiger partial charge >= 0.3 is 0 Å². The number of rotatable bonds is 10. The van der Waals surface area contributed by atoms with Crippen LogP contribution in [0.25, 0.3) is 22.8 Å². The second-order valence-corrected chi connectivity index (χ2v) is 10.8. The van der Waals surface area contributed by atoms with Crippen molar-refractivity contribution in [3.8, 4) is 11.1 Å². The molecule has 43 heavy (non-hydrogen) atoms. The molecule has 0 radical (unpaired) electrons. The highest BCUT2D eigenvalue weighted by molar-refractivity contribution is 6.36. The van der Waals surface area contributed by atoms with Crippen LogP contribution in [0.15, 0.2) is 36.4 Å². The molecule has 2 aliphatic heterocycles. The third-order valence-electron chi connectivity index (χ3n) is 8.14. The summed E-state index contributed by atoms with van der Waals surface area (Å²) in [5, 5.41) is 2.94. The van der Waals surface area contributed by atoms with E-state index in [2.05, 4.69) is 15.2 Å². The van der Waals surface area contributed by atoms with Crippen molar-refractivity contribution in [1.29, 1.82) is 0 Å². The number of fused-ring (bicyclic) bond motifs is 2. The van der Waals surface area contributed by atoms with Gasteiger partial charge < -0.3 is 24.8 Å². The molecule has 8 heteroatoms. The fraction of sp³-hybridized carbons (Fsp3) is 0.429. The molecule has 5 rings (SSSR count). The summed E-state index contributed by atoms with van der Waals surface area (Å²) in [6, 6.07) is 10.8. The first kappa shape index (κ1) is 32.2. The molecule has 2 aromatic carbocycles. The van der Waals surface area contributed by atoms with E-state index in [9.17, 15) is 9.59 Å². The van der Waals surface area contributed by atoms with Crippen LogP contribution in [-0.4, -0.2) is 73.0 Å². The molecule has 2 aliphatic rings. The Morgan fingerprint density at radius 3 is 2.58 bits per heavy atom. The summed E-state index contributed by atoms with van der Waals surface area (Å²) in [7, 11) is 2.04. The lowest BCUT2D eigenvalue weighted by atomic mass is 9.93. The van der Waals surface area contributed by atoms with Gasteiger partial charge in [0.25, 0.3) is 11.8 Å². The number of aromatic nitrogens is 1. The molecule has 3 heterocycles. The average Bonchev–Trinajstić information content (AvgIpc) is 3.44. The van der Waals surface area contributed by atoms with Crippen molar-refractivity contribution in [2.45, 2.75) is 53.9 Å². The lowest BCUT2D eigenvalue weighted by Gasteiger charge is -2.24. The predicted molar refractivity (Wildman–Crippen MR) is 173 cm³/mol. The Bertz CT molecular complexity index is 1490. The lowest BCUT2D eigenvalue weighted by molar-refractivity contribution is -0.110. The van der Waals surface area contributed by atoms with Gasteiger partial charge in [0.2, 0.25) is 0 Å². The number of amides is 2. The number of nitrogens with one attached hydrogen (secondary N) is 2.